The summed E-state index contributed by atoms with van der Waals surface area (Å²) in [5.41, 5.74) is 4.17. The average Bonchev–Trinajstić information content (AvgIpc) is 3.27. The summed E-state index contributed by atoms with van der Waals surface area (Å²) in [6.45, 7) is 8.21. The standard InChI is InChI=1S/C30H31NO6/c1-4-34-28-20-23(19-26-30(32)37-29(31-26)24-8-6-5-7-9-24)11-13-27(28)36-17-15-33-14-16-35-25-12-10-21(2)22(3)18-25/h5-13,18-20H,4,14-17H2,1-3H3. The predicted octanol–water partition coefficient (Wildman–Crippen LogP) is 5.52. The lowest BCUT2D eigenvalue weighted by Crippen LogP contribution is -2.12. The molecule has 1 heterocycles. The van der Waals surface area contributed by atoms with Gasteiger partial charge in [-0.3, -0.25) is 0 Å². The molecule has 0 N–H and O–H groups in total. The lowest BCUT2D eigenvalue weighted by Gasteiger charge is -2.13. The molecule has 0 saturated carbocycles. The van der Waals surface area contributed by atoms with Crippen molar-refractivity contribution in [2.75, 3.05) is 33.0 Å². The van der Waals surface area contributed by atoms with E-state index >= 15 is 0 Å². The number of benzene rings is 3. The zero-order valence-corrected chi connectivity index (χ0v) is 21.4. The minimum absolute atomic E-state index is 0.228. The van der Waals surface area contributed by atoms with Crippen molar-refractivity contribution in [1.29, 1.82) is 0 Å². The molecule has 0 aliphatic carbocycles. The molecule has 1 aliphatic rings. The molecule has 0 amide bonds. The van der Waals surface area contributed by atoms with Crippen molar-refractivity contribution in [1.82, 2.24) is 0 Å². The van der Waals surface area contributed by atoms with Crippen LogP contribution in [0.5, 0.6) is 17.2 Å². The van der Waals surface area contributed by atoms with Gasteiger partial charge < -0.3 is 23.7 Å². The van der Waals surface area contributed by atoms with Crippen LogP contribution in [0.25, 0.3) is 6.08 Å². The predicted molar refractivity (Wildman–Crippen MR) is 142 cm³/mol. The highest BCUT2D eigenvalue weighted by atomic mass is 16.6. The second-order valence-corrected chi connectivity index (χ2v) is 8.40. The number of hydrogen-bond donors (Lipinski definition) is 0. The number of esters is 1. The summed E-state index contributed by atoms with van der Waals surface area (Å²) in [6, 6.07) is 20.8. The third-order valence-electron chi connectivity index (χ3n) is 5.67. The highest BCUT2D eigenvalue weighted by Gasteiger charge is 2.24. The van der Waals surface area contributed by atoms with Gasteiger partial charge in [0.15, 0.2) is 17.2 Å². The third kappa shape index (κ3) is 7.21. The summed E-state index contributed by atoms with van der Waals surface area (Å²) in [5, 5.41) is 0. The van der Waals surface area contributed by atoms with Crippen LogP contribution in [0.4, 0.5) is 0 Å². The van der Waals surface area contributed by atoms with Crippen molar-refractivity contribution in [3.05, 3.63) is 94.7 Å². The van der Waals surface area contributed by atoms with E-state index in [0.717, 1.165) is 16.9 Å². The van der Waals surface area contributed by atoms with Gasteiger partial charge in [0.1, 0.15) is 19.0 Å². The molecule has 0 saturated heterocycles. The second-order valence-electron chi connectivity index (χ2n) is 8.40. The van der Waals surface area contributed by atoms with Gasteiger partial charge >= 0.3 is 5.97 Å². The second kappa shape index (κ2) is 12.7. The summed E-state index contributed by atoms with van der Waals surface area (Å²) in [7, 11) is 0. The monoisotopic (exact) mass is 501 g/mol. The molecule has 3 aromatic rings. The molecule has 1 aliphatic heterocycles. The molecule has 0 fully saturated rings. The third-order valence-corrected chi connectivity index (χ3v) is 5.67. The zero-order valence-electron chi connectivity index (χ0n) is 21.4. The average molecular weight is 502 g/mol. The molecule has 3 aromatic carbocycles. The Kier molecular flexibility index (Phi) is 8.94. The number of nitrogens with zero attached hydrogens (tertiary/aromatic N) is 1. The molecule has 192 valence electrons. The summed E-state index contributed by atoms with van der Waals surface area (Å²) in [6.07, 6.45) is 1.67. The quantitative estimate of drug-likeness (QED) is 0.185. The van der Waals surface area contributed by atoms with Crippen molar-refractivity contribution < 1.29 is 28.5 Å². The first kappa shape index (κ1) is 26.0. The van der Waals surface area contributed by atoms with Gasteiger partial charge in [0.05, 0.1) is 19.8 Å². The molecule has 0 radical (unpaired) electrons. The fraction of sp³-hybridized carbons (Fsp3) is 0.267. The van der Waals surface area contributed by atoms with Gasteiger partial charge in [0.25, 0.3) is 0 Å². The van der Waals surface area contributed by atoms with E-state index < -0.39 is 5.97 Å². The molecule has 37 heavy (non-hydrogen) atoms. The van der Waals surface area contributed by atoms with E-state index in [-0.39, 0.29) is 5.70 Å². The SMILES string of the molecule is CCOc1cc(C=C2N=C(c3ccccc3)OC2=O)ccc1OCCOCCOc1ccc(C)c(C)c1. The van der Waals surface area contributed by atoms with Crippen LogP contribution < -0.4 is 14.2 Å². The van der Waals surface area contributed by atoms with E-state index in [1.54, 1.807) is 6.08 Å². The lowest BCUT2D eigenvalue weighted by molar-refractivity contribution is -0.129. The van der Waals surface area contributed by atoms with Gasteiger partial charge in [-0.2, -0.15) is 0 Å². The maximum atomic E-state index is 12.3. The van der Waals surface area contributed by atoms with Crippen LogP contribution in [0, 0.1) is 13.8 Å². The molecule has 0 bridgehead atoms. The number of cyclic esters (lactones) is 1. The molecule has 7 nitrogen and oxygen atoms in total. The smallest absolute Gasteiger partial charge is 0.363 e. The Morgan fingerprint density at radius 1 is 0.811 bits per heavy atom. The van der Waals surface area contributed by atoms with Crippen LogP contribution >= 0.6 is 0 Å². The Labute approximate surface area is 217 Å². The van der Waals surface area contributed by atoms with E-state index in [1.165, 1.54) is 11.1 Å². The van der Waals surface area contributed by atoms with Crippen molar-refractivity contribution in [3.8, 4) is 17.2 Å². The number of carbonyl (C=O) groups excluding carboxylic acids is 1. The Morgan fingerprint density at radius 3 is 2.35 bits per heavy atom. The number of rotatable bonds is 12. The van der Waals surface area contributed by atoms with Crippen molar-refractivity contribution in [2.45, 2.75) is 20.8 Å². The maximum absolute atomic E-state index is 12.3. The first-order chi connectivity index (χ1) is 18.0. The molecule has 0 spiro atoms. The van der Waals surface area contributed by atoms with Gasteiger partial charge in [-0.05, 0) is 79.9 Å². The number of ether oxygens (including phenoxy) is 5. The van der Waals surface area contributed by atoms with E-state index in [1.807, 2.05) is 73.7 Å². The Hall–Kier alpha value is -4.10. The fourth-order valence-corrected chi connectivity index (χ4v) is 3.61. The zero-order chi connectivity index (χ0) is 26.0. The van der Waals surface area contributed by atoms with E-state index in [9.17, 15) is 4.79 Å². The summed E-state index contributed by atoms with van der Waals surface area (Å²) in [5.74, 6) is 1.82. The van der Waals surface area contributed by atoms with E-state index in [0.29, 0.717) is 50.4 Å². The fourth-order valence-electron chi connectivity index (χ4n) is 3.61. The number of aliphatic imine (C=N–C) groups is 1. The minimum Gasteiger partial charge on any atom is -0.491 e. The Bertz CT molecular complexity index is 1280. The highest BCUT2D eigenvalue weighted by Crippen LogP contribution is 2.30. The van der Waals surface area contributed by atoms with Gasteiger partial charge in [0.2, 0.25) is 5.90 Å². The first-order valence-corrected chi connectivity index (χ1v) is 12.3. The van der Waals surface area contributed by atoms with Crippen LogP contribution in [0.1, 0.15) is 29.2 Å². The topological polar surface area (TPSA) is 75.6 Å². The molecular weight excluding hydrogens is 470 g/mol. The molecule has 0 unspecified atom stereocenters. The van der Waals surface area contributed by atoms with E-state index in [2.05, 4.69) is 18.8 Å². The van der Waals surface area contributed by atoms with Crippen LogP contribution in [0.3, 0.4) is 0 Å². The van der Waals surface area contributed by atoms with Crippen molar-refractivity contribution >= 4 is 17.9 Å². The normalized spacial score (nSPS) is 13.9. The highest BCUT2D eigenvalue weighted by molar-refractivity contribution is 6.12. The number of aryl methyl sites for hydroxylation is 2. The van der Waals surface area contributed by atoms with E-state index in [4.69, 9.17) is 23.7 Å². The van der Waals surface area contributed by atoms with Crippen LogP contribution in [-0.4, -0.2) is 44.9 Å². The van der Waals surface area contributed by atoms with Gasteiger partial charge in [0, 0.05) is 5.56 Å². The maximum Gasteiger partial charge on any atom is 0.363 e. The van der Waals surface area contributed by atoms with Gasteiger partial charge in [-0.25, -0.2) is 9.79 Å². The largest absolute Gasteiger partial charge is 0.491 e. The molecule has 0 atom stereocenters. The molecular formula is C30H31NO6. The van der Waals surface area contributed by atoms with Crippen LogP contribution in [-0.2, 0) is 14.3 Å². The minimum atomic E-state index is -0.490. The van der Waals surface area contributed by atoms with Crippen molar-refractivity contribution in [2.24, 2.45) is 4.99 Å². The Morgan fingerprint density at radius 2 is 1.59 bits per heavy atom. The summed E-state index contributed by atoms with van der Waals surface area (Å²) >= 11 is 0. The first-order valence-electron chi connectivity index (χ1n) is 12.3. The van der Waals surface area contributed by atoms with Crippen LogP contribution in [0.15, 0.2) is 77.4 Å². The van der Waals surface area contributed by atoms with Crippen molar-refractivity contribution in [3.63, 3.8) is 0 Å². The van der Waals surface area contributed by atoms with Crippen LogP contribution in [0.2, 0.25) is 0 Å². The number of hydrogen-bond acceptors (Lipinski definition) is 7. The molecule has 4 rings (SSSR count). The number of carbonyl (C=O) groups is 1. The molecule has 0 aromatic heterocycles. The van der Waals surface area contributed by atoms with Gasteiger partial charge in [-0.15, -0.1) is 0 Å². The summed E-state index contributed by atoms with van der Waals surface area (Å²) in [4.78, 5) is 16.7. The molecule has 7 heteroatoms. The Balaban J connectivity index is 1.29. The lowest BCUT2D eigenvalue weighted by atomic mass is 10.1. The van der Waals surface area contributed by atoms with Gasteiger partial charge in [-0.1, -0.05) is 30.3 Å². The summed E-state index contributed by atoms with van der Waals surface area (Å²) < 4.78 is 28.3.